The minimum atomic E-state index is -3.44. The molecule has 0 atom stereocenters. The first-order valence-electron chi connectivity index (χ1n) is 13.3. The van der Waals surface area contributed by atoms with E-state index < -0.39 is 27.8 Å². The molecule has 0 saturated carbocycles. The number of aliphatic hydroxyl groups excluding tert-OH is 1. The molecule has 222 valence electrons. The number of hydrogen-bond acceptors (Lipinski definition) is 8. The second kappa shape index (κ2) is 10.9. The maximum absolute atomic E-state index is 15.3. The molecule has 5 aromatic rings. The molecule has 0 radical (unpaired) electrons. The van der Waals surface area contributed by atoms with Crippen molar-refractivity contribution < 1.29 is 17.9 Å². The molecule has 0 bridgehead atoms. The molecule has 3 heterocycles. The third kappa shape index (κ3) is 5.71. The number of anilines is 2. The van der Waals surface area contributed by atoms with Crippen molar-refractivity contribution in [2.24, 2.45) is 7.05 Å². The number of aromatic nitrogens is 4. The Hall–Kier alpha value is -4.68. The fourth-order valence-electron chi connectivity index (χ4n) is 4.81. The summed E-state index contributed by atoms with van der Waals surface area (Å²) in [7, 11) is -1.88. The Morgan fingerprint density at radius 1 is 1.02 bits per heavy atom. The molecular weight excluding hydrogens is 575 g/mol. The van der Waals surface area contributed by atoms with E-state index in [-0.39, 0.29) is 38.4 Å². The average Bonchev–Trinajstić information content (AvgIpc) is 2.94. The molecule has 43 heavy (non-hydrogen) atoms. The van der Waals surface area contributed by atoms with E-state index >= 15 is 4.39 Å². The number of aliphatic hydroxyl groups is 1. The summed E-state index contributed by atoms with van der Waals surface area (Å²) in [6, 6.07) is 12.5. The summed E-state index contributed by atoms with van der Waals surface area (Å²) in [5.41, 5.74) is 1.12. The van der Waals surface area contributed by atoms with Crippen LogP contribution in [0.15, 0.2) is 81.6 Å². The summed E-state index contributed by atoms with van der Waals surface area (Å²) >= 11 is 0. The van der Waals surface area contributed by atoms with E-state index in [4.69, 9.17) is 0 Å². The minimum absolute atomic E-state index is 0.0381. The second-order valence-electron chi connectivity index (χ2n) is 11.3. The van der Waals surface area contributed by atoms with Crippen LogP contribution in [-0.2, 0) is 28.9 Å². The number of nitrogens with one attached hydrogen (secondary N) is 1. The number of sulfone groups is 1. The smallest absolute Gasteiger partial charge is 0.282 e. The molecule has 0 unspecified atom stereocenters. The molecule has 0 aliphatic heterocycles. The van der Waals surface area contributed by atoms with Crippen molar-refractivity contribution >= 4 is 32.1 Å². The molecule has 5 rings (SSSR count). The van der Waals surface area contributed by atoms with Crippen LogP contribution >= 0.6 is 0 Å². The lowest BCUT2D eigenvalue weighted by atomic mass is 9.86. The number of rotatable bonds is 6. The van der Waals surface area contributed by atoms with Gasteiger partial charge < -0.3 is 15.0 Å². The first-order valence-corrected chi connectivity index (χ1v) is 15.2. The van der Waals surface area contributed by atoms with Crippen LogP contribution in [0, 0.1) is 5.82 Å². The van der Waals surface area contributed by atoms with Crippen LogP contribution in [0.4, 0.5) is 15.9 Å². The molecule has 0 aliphatic rings. The van der Waals surface area contributed by atoms with Crippen molar-refractivity contribution in [1.82, 2.24) is 19.3 Å². The van der Waals surface area contributed by atoms with Crippen LogP contribution in [0.5, 0.6) is 0 Å². The zero-order valence-corrected chi connectivity index (χ0v) is 25.0. The van der Waals surface area contributed by atoms with Crippen molar-refractivity contribution in [2.75, 3.05) is 11.6 Å². The van der Waals surface area contributed by atoms with Crippen LogP contribution in [-0.4, -0.2) is 39.1 Å². The van der Waals surface area contributed by atoms with Crippen LogP contribution in [0.2, 0.25) is 0 Å². The van der Waals surface area contributed by atoms with E-state index in [1.165, 1.54) is 35.2 Å². The van der Waals surface area contributed by atoms with Gasteiger partial charge in [0, 0.05) is 42.2 Å². The van der Waals surface area contributed by atoms with Crippen LogP contribution in [0.3, 0.4) is 0 Å². The minimum Gasteiger partial charge on any atom is -0.392 e. The quantitative estimate of drug-likeness (QED) is 0.294. The van der Waals surface area contributed by atoms with Gasteiger partial charge in [-0.3, -0.25) is 9.59 Å². The van der Waals surface area contributed by atoms with E-state index in [1.807, 2.05) is 20.8 Å². The fraction of sp³-hybridized carbons (Fsp3) is 0.226. The molecule has 0 fully saturated rings. The number of halogens is 1. The van der Waals surface area contributed by atoms with Crippen LogP contribution in [0.25, 0.3) is 27.6 Å². The molecule has 12 heteroatoms. The van der Waals surface area contributed by atoms with Crippen molar-refractivity contribution in [2.45, 2.75) is 37.7 Å². The van der Waals surface area contributed by atoms with Crippen LogP contribution in [0.1, 0.15) is 31.9 Å². The van der Waals surface area contributed by atoms with Crippen molar-refractivity contribution in [3.05, 3.63) is 105 Å². The summed E-state index contributed by atoms with van der Waals surface area (Å²) in [5.74, 6) is -0.404. The zero-order chi connectivity index (χ0) is 31.3. The number of aryl methyl sites for hydroxylation is 1. The van der Waals surface area contributed by atoms with E-state index in [0.717, 1.165) is 16.5 Å². The first-order chi connectivity index (χ1) is 20.2. The summed E-state index contributed by atoms with van der Waals surface area (Å²) in [5, 5.41) is 18.0. The number of nitrogens with zero attached hydrogens (tertiary/aromatic N) is 4. The third-order valence-electron chi connectivity index (χ3n) is 7.16. The van der Waals surface area contributed by atoms with Gasteiger partial charge in [0.1, 0.15) is 17.3 Å². The molecule has 2 N–H and O–H groups in total. The topological polar surface area (TPSA) is 136 Å². The zero-order valence-electron chi connectivity index (χ0n) is 24.2. The van der Waals surface area contributed by atoms with E-state index in [0.29, 0.717) is 22.1 Å². The second-order valence-corrected chi connectivity index (χ2v) is 13.3. The lowest BCUT2D eigenvalue weighted by Gasteiger charge is -2.20. The number of hydrogen-bond donors (Lipinski definition) is 2. The van der Waals surface area contributed by atoms with E-state index in [9.17, 15) is 23.1 Å². The Labute approximate surface area is 247 Å². The van der Waals surface area contributed by atoms with Crippen molar-refractivity contribution in [3.63, 3.8) is 0 Å². The third-order valence-corrected chi connectivity index (χ3v) is 8.26. The predicted octanol–water partition coefficient (Wildman–Crippen LogP) is 4.22. The Bertz CT molecular complexity index is 2120. The maximum Gasteiger partial charge on any atom is 0.282 e. The van der Waals surface area contributed by atoms with Crippen LogP contribution < -0.4 is 16.4 Å². The Morgan fingerprint density at radius 3 is 2.40 bits per heavy atom. The Kier molecular flexibility index (Phi) is 7.53. The van der Waals surface area contributed by atoms with Gasteiger partial charge in [-0.05, 0) is 52.9 Å². The van der Waals surface area contributed by atoms with Gasteiger partial charge in [0.15, 0.2) is 9.84 Å². The Balaban J connectivity index is 1.61. The largest absolute Gasteiger partial charge is 0.392 e. The van der Waals surface area contributed by atoms with Gasteiger partial charge in [0.25, 0.3) is 11.1 Å². The molecule has 0 spiro atoms. The van der Waals surface area contributed by atoms with Crippen molar-refractivity contribution in [1.29, 1.82) is 0 Å². The number of pyridine rings is 2. The van der Waals surface area contributed by atoms with E-state index in [2.05, 4.69) is 15.4 Å². The van der Waals surface area contributed by atoms with Gasteiger partial charge in [0.05, 0.1) is 28.8 Å². The summed E-state index contributed by atoms with van der Waals surface area (Å²) in [6.45, 7) is 5.37. The van der Waals surface area contributed by atoms with Gasteiger partial charge in [-0.25, -0.2) is 17.8 Å². The van der Waals surface area contributed by atoms with Gasteiger partial charge in [-0.1, -0.05) is 32.9 Å². The highest BCUT2D eigenvalue weighted by molar-refractivity contribution is 7.90. The standard InChI is InChI=1S/C31H30FN5O5S/c1-31(2,3)20-11-18-14-34-37(30(40)28(18)24(32)13-20)26-8-6-7-22(23(26)17-38)19-12-25(29(39)36(4)16-19)35-27-10-9-21(15-33-27)43(5,41)42/h6-16,38H,17H2,1-5H3,(H,33,35)/i17+2. The lowest BCUT2D eigenvalue weighted by molar-refractivity contribution is 0.282. The van der Waals surface area contributed by atoms with Crippen molar-refractivity contribution in [3.8, 4) is 16.8 Å². The molecule has 0 amide bonds. The Morgan fingerprint density at radius 2 is 1.77 bits per heavy atom. The fourth-order valence-corrected chi connectivity index (χ4v) is 5.37. The first kappa shape index (κ1) is 29.8. The van der Waals surface area contributed by atoms with E-state index in [1.54, 1.807) is 43.6 Å². The monoisotopic (exact) mass is 605 g/mol. The molecule has 3 aromatic heterocycles. The highest BCUT2D eigenvalue weighted by Crippen LogP contribution is 2.31. The molecule has 2 aromatic carbocycles. The maximum atomic E-state index is 15.3. The summed E-state index contributed by atoms with van der Waals surface area (Å²) in [6.07, 6.45) is 5.28. The molecular formula is C31H30FN5O5S. The summed E-state index contributed by atoms with van der Waals surface area (Å²) < 4.78 is 41.2. The number of benzene rings is 2. The normalized spacial score (nSPS) is 12.1. The SMILES string of the molecule is Cn1cc(-c2cccc(-n3ncc4cc(C(C)(C)C)cc(F)c4c3=O)c2[14CH2]O)cc(Nc2ccc(S(C)(=O)=O)cn2)c1=O. The molecule has 0 saturated heterocycles. The average molecular weight is 606 g/mol. The summed E-state index contributed by atoms with van der Waals surface area (Å²) in [4.78, 5) is 30.6. The van der Waals surface area contributed by atoms with Gasteiger partial charge in [0.2, 0.25) is 0 Å². The molecule has 10 nitrogen and oxygen atoms in total. The lowest BCUT2D eigenvalue weighted by Crippen LogP contribution is -2.24. The number of fused-ring (bicyclic) bond motifs is 1. The van der Waals surface area contributed by atoms with Gasteiger partial charge in [-0.15, -0.1) is 0 Å². The van der Waals surface area contributed by atoms with Gasteiger partial charge in [-0.2, -0.15) is 9.78 Å². The van der Waals surface area contributed by atoms with Gasteiger partial charge >= 0.3 is 0 Å². The highest BCUT2D eigenvalue weighted by Gasteiger charge is 2.21. The predicted molar refractivity (Wildman–Crippen MR) is 163 cm³/mol. The molecule has 0 aliphatic carbocycles. The highest BCUT2D eigenvalue weighted by atomic mass is 32.2.